The molecule has 1 N–H and O–H groups in total. The van der Waals surface area contributed by atoms with Crippen LogP contribution in [0.4, 0.5) is 4.39 Å². The second-order valence-electron chi connectivity index (χ2n) is 5.90. The van der Waals surface area contributed by atoms with E-state index in [9.17, 15) is 17.6 Å². The van der Waals surface area contributed by atoms with E-state index in [1.54, 1.807) is 20.2 Å². The molecule has 1 aromatic heterocycles. The number of nitrogens with one attached hydrogen (secondary N) is 1. The molecule has 1 aliphatic rings. The molecule has 6 nitrogen and oxygen atoms in total. The standard InChI is InChI=1S/C15H18FN3O3S/c1-18(2)15(20)10-6-7-19(9-10)23(21,22)13-8-17-12-5-3-4-11(16)14(12)13/h3-5,8,10,17H,6-7,9H2,1-2H3. The third-order valence-electron chi connectivity index (χ3n) is 4.18. The van der Waals surface area contributed by atoms with Gasteiger partial charge in [-0.15, -0.1) is 0 Å². The Hall–Kier alpha value is -1.93. The Labute approximate surface area is 133 Å². The van der Waals surface area contributed by atoms with E-state index in [4.69, 9.17) is 0 Å². The molecule has 23 heavy (non-hydrogen) atoms. The van der Waals surface area contributed by atoms with Crippen LogP contribution in [-0.4, -0.2) is 55.7 Å². The van der Waals surface area contributed by atoms with Gasteiger partial charge >= 0.3 is 0 Å². The maximum Gasteiger partial charge on any atom is 0.245 e. The van der Waals surface area contributed by atoms with Gasteiger partial charge in [0.05, 0.1) is 11.3 Å². The Kier molecular flexibility index (Phi) is 3.89. The first kappa shape index (κ1) is 15.9. The lowest BCUT2D eigenvalue weighted by molar-refractivity contribution is -0.132. The van der Waals surface area contributed by atoms with E-state index in [1.807, 2.05) is 0 Å². The number of rotatable bonds is 3. The molecule has 0 bridgehead atoms. The summed E-state index contributed by atoms with van der Waals surface area (Å²) in [5, 5.41) is 0.0647. The van der Waals surface area contributed by atoms with E-state index in [-0.39, 0.29) is 35.2 Å². The van der Waals surface area contributed by atoms with Crippen LogP contribution < -0.4 is 0 Å². The van der Waals surface area contributed by atoms with Crippen LogP contribution in [0.5, 0.6) is 0 Å². The van der Waals surface area contributed by atoms with Crippen LogP contribution in [0.1, 0.15) is 6.42 Å². The minimum absolute atomic E-state index is 0.0647. The van der Waals surface area contributed by atoms with Gasteiger partial charge in [0.1, 0.15) is 10.7 Å². The minimum Gasteiger partial charge on any atom is -0.360 e. The summed E-state index contributed by atoms with van der Waals surface area (Å²) in [5.74, 6) is -1.02. The second-order valence-corrected chi connectivity index (χ2v) is 7.80. The van der Waals surface area contributed by atoms with Crippen molar-refractivity contribution in [2.24, 2.45) is 5.92 Å². The van der Waals surface area contributed by atoms with Gasteiger partial charge in [-0.1, -0.05) is 6.07 Å². The van der Waals surface area contributed by atoms with E-state index < -0.39 is 15.8 Å². The molecule has 2 aromatic rings. The zero-order valence-electron chi connectivity index (χ0n) is 12.9. The van der Waals surface area contributed by atoms with Crippen LogP contribution in [0.15, 0.2) is 29.3 Å². The normalized spacial score (nSPS) is 19.3. The van der Waals surface area contributed by atoms with Crippen LogP contribution in [-0.2, 0) is 14.8 Å². The largest absolute Gasteiger partial charge is 0.360 e. The number of H-pyrrole nitrogens is 1. The number of hydrogen-bond acceptors (Lipinski definition) is 3. The summed E-state index contributed by atoms with van der Waals surface area (Å²) in [6.45, 7) is 0.383. The Bertz CT molecular complexity index is 860. The number of aromatic nitrogens is 1. The van der Waals surface area contributed by atoms with E-state index in [2.05, 4.69) is 4.98 Å². The van der Waals surface area contributed by atoms with Gasteiger partial charge in [0.25, 0.3) is 0 Å². The molecule has 3 rings (SSSR count). The first-order valence-corrected chi connectivity index (χ1v) is 8.73. The van der Waals surface area contributed by atoms with E-state index in [1.165, 1.54) is 27.5 Å². The predicted molar refractivity (Wildman–Crippen MR) is 83.8 cm³/mol. The smallest absolute Gasteiger partial charge is 0.245 e. The monoisotopic (exact) mass is 339 g/mol. The average Bonchev–Trinajstić information content (AvgIpc) is 3.14. The van der Waals surface area contributed by atoms with Crippen LogP contribution in [0.3, 0.4) is 0 Å². The van der Waals surface area contributed by atoms with Crippen molar-refractivity contribution in [3.63, 3.8) is 0 Å². The highest BCUT2D eigenvalue weighted by atomic mass is 32.2. The summed E-state index contributed by atoms with van der Waals surface area (Å²) in [7, 11) is -0.551. The molecule has 8 heteroatoms. The molecular weight excluding hydrogens is 321 g/mol. The van der Waals surface area contributed by atoms with Gasteiger partial charge in [0, 0.05) is 38.9 Å². The highest BCUT2D eigenvalue weighted by molar-refractivity contribution is 7.89. The summed E-state index contributed by atoms with van der Waals surface area (Å²) >= 11 is 0. The molecule has 1 atom stereocenters. The number of fused-ring (bicyclic) bond motifs is 1. The zero-order chi connectivity index (χ0) is 16.8. The van der Waals surface area contributed by atoms with Gasteiger partial charge in [-0.05, 0) is 18.6 Å². The molecule has 124 valence electrons. The van der Waals surface area contributed by atoms with E-state index >= 15 is 0 Å². The van der Waals surface area contributed by atoms with Gasteiger partial charge < -0.3 is 9.88 Å². The molecule has 1 fully saturated rings. The maximum atomic E-state index is 14.0. The molecule has 1 unspecified atom stereocenters. The summed E-state index contributed by atoms with van der Waals surface area (Å²) in [6.07, 6.45) is 1.78. The topological polar surface area (TPSA) is 73.5 Å². The lowest BCUT2D eigenvalue weighted by Crippen LogP contribution is -2.34. The van der Waals surface area contributed by atoms with Gasteiger partial charge in [-0.2, -0.15) is 4.31 Å². The quantitative estimate of drug-likeness (QED) is 0.919. The minimum atomic E-state index is -3.85. The lowest BCUT2D eigenvalue weighted by atomic mass is 10.1. The van der Waals surface area contributed by atoms with Crippen molar-refractivity contribution in [3.05, 3.63) is 30.2 Å². The molecule has 1 saturated heterocycles. The third kappa shape index (κ3) is 2.61. The molecule has 0 radical (unpaired) electrons. The summed E-state index contributed by atoms with van der Waals surface area (Å²) in [5.41, 5.74) is 0.434. The number of hydrogen-bond donors (Lipinski definition) is 1. The summed E-state index contributed by atoms with van der Waals surface area (Å²) < 4.78 is 40.9. The van der Waals surface area contributed by atoms with Gasteiger partial charge in [-0.3, -0.25) is 4.79 Å². The predicted octanol–water partition coefficient (Wildman–Crippen LogP) is 1.41. The van der Waals surface area contributed by atoms with Gasteiger partial charge in [0.2, 0.25) is 15.9 Å². The average molecular weight is 339 g/mol. The van der Waals surface area contributed by atoms with Crippen molar-refractivity contribution < 1.29 is 17.6 Å². The Balaban J connectivity index is 1.95. The first-order valence-electron chi connectivity index (χ1n) is 7.29. The fraction of sp³-hybridized carbons (Fsp3) is 0.400. The number of nitrogens with zero attached hydrogens (tertiary/aromatic N) is 2. The van der Waals surface area contributed by atoms with Crippen molar-refractivity contribution in [2.75, 3.05) is 27.2 Å². The van der Waals surface area contributed by atoms with Crippen molar-refractivity contribution in [1.82, 2.24) is 14.2 Å². The van der Waals surface area contributed by atoms with Crippen LogP contribution in [0.25, 0.3) is 10.9 Å². The number of amides is 1. The number of carbonyl (C=O) groups excluding carboxylic acids is 1. The molecule has 1 aromatic carbocycles. The molecule has 2 heterocycles. The van der Waals surface area contributed by atoms with Crippen LogP contribution in [0.2, 0.25) is 0 Å². The number of carbonyl (C=O) groups is 1. The second kappa shape index (κ2) is 5.61. The lowest BCUT2D eigenvalue weighted by Gasteiger charge is -2.18. The number of aromatic amines is 1. The van der Waals surface area contributed by atoms with E-state index in [0.717, 1.165) is 0 Å². The number of halogens is 1. The van der Waals surface area contributed by atoms with Crippen molar-refractivity contribution >= 4 is 26.8 Å². The van der Waals surface area contributed by atoms with Crippen LogP contribution in [0, 0.1) is 11.7 Å². The fourth-order valence-corrected chi connectivity index (χ4v) is 4.64. The number of benzene rings is 1. The van der Waals surface area contributed by atoms with Gasteiger partial charge in [0.15, 0.2) is 0 Å². The van der Waals surface area contributed by atoms with Crippen molar-refractivity contribution in [1.29, 1.82) is 0 Å². The number of sulfonamides is 1. The molecule has 0 aliphatic carbocycles. The summed E-state index contributed by atoms with van der Waals surface area (Å²) in [4.78, 5) is 16.2. The van der Waals surface area contributed by atoms with Crippen molar-refractivity contribution in [2.45, 2.75) is 11.3 Å². The Morgan fingerprint density at radius 2 is 2.13 bits per heavy atom. The molecule has 0 saturated carbocycles. The summed E-state index contributed by atoms with van der Waals surface area (Å²) in [6, 6.07) is 4.38. The molecular formula is C15H18FN3O3S. The highest BCUT2D eigenvalue weighted by Gasteiger charge is 2.37. The Morgan fingerprint density at radius 1 is 1.39 bits per heavy atom. The molecule has 0 spiro atoms. The molecule has 1 aliphatic heterocycles. The SMILES string of the molecule is CN(C)C(=O)C1CCN(S(=O)(=O)c2c[nH]c3cccc(F)c23)C1. The fourth-order valence-electron chi connectivity index (χ4n) is 2.97. The maximum absolute atomic E-state index is 14.0. The third-order valence-corrected chi connectivity index (χ3v) is 6.07. The highest BCUT2D eigenvalue weighted by Crippen LogP contribution is 2.31. The van der Waals surface area contributed by atoms with Crippen LogP contribution >= 0.6 is 0 Å². The molecule has 1 amide bonds. The zero-order valence-corrected chi connectivity index (χ0v) is 13.7. The van der Waals surface area contributed by atoms with E-state index in [0.29, 0.717) is 11.9 Å². The first-order chi connectivity index (χ1) is 10.8. The van der Waals surface area contributed by atoms with Gasteiger partial charge in [-0.25, -0.2) is 12.8 Å². The van der Waals surface area contributed by atoms with Crippen molar-refractivity contribution in [3.8, 4) is 0 Å². The Morgan fingerprint density at radius 3 is 2.83 bits per heavy atom.